The summed E-state index contributed by atoms with van der Waals surface area (Å²) in [5, 5.41) is 10.6. The minimum Gasteiger partial charge on any atom is -0.342 e. The van der Waals surface area contributed by atoms with Crippen molar-refractivity contribution in [2.75, 3.05) is 13.6 Å². The van der Waals surface area contributed by atoms with Crippen molar-refractivity contribution in [1.29, 1.82) is 0 Å². The van der Waals surface area contributed by atoms with Crippen molar-refractivity contribution in [3.8, 4) is 0 Å². The third-order valence-corrected chi connectivity index (χ3v) is 3.08. The molecule has 1 aromatic carbocycles. The molecule has 0 spiro atoms. The van der Waals surface area contributed by atoms with Crippen LogP contribution in [0.15, 0.2) is 18.2 Å². The first-order chi connectivity index (χ1) is 8.82. The Labute approximate surface area is 117 Å². The van der Waals surface area contributed by atoms with Gasteiger partial charge in [-0.05, 0) is 24.5 Å². The van der Waals surface area contributed by atoms with Crippen LogP contribution in [0.2, 0.25) is 5.02 Å². The van der Waals surface area contributed by atoms with Crippen LogP contribution in [0.3, 0.4) is 0 Å². The maximum Gasteiger partial charge on any atom is 0.287 e. The third kappa shape index (κ3) is 4.21. The summed E-state index contributed by atoms with van der Waals surface area (Å²) in [6.07, 6.45) is 0.906. The van der Waals surface area contributed by atoms with Gasteiger partial charge in [0.25, 0.3) is 11.6 Å². The number of amides is 1. The van der Waals surface area contributed by atoms with Crippen molar-refractivity contribution in [2.45, 2.75) is 20.3 Å². The van der Waals surface area contributed by atoms with Gasteiger partial charge in [-0.1, -0.05) is 25.4 Å². The van der Waals surface area contributed by atoms with Gasteiger partial charge in [-0.3, -0.25) is 14.9 Å². The molecule has 0 unspecified atom stereocenters. The average molecular weight is 285 g/mol. The molecule has 1 rings (SSSR count). The number of nitrogens with zero attached hydrogens (tertiary/aromatic N) is 2. The molecule has 5 nitrogen and oxygen atoms in total. The molecular formula is C13H17ClN2O3. The van der Waals surface area contributed by atoms with E-state index in [2.05, 4.69) is 13.8 Å². The second-order valence-corrected chi connectivity index (χ2v) is 5.24. The number of hydrogen-bond donors (Lipinski definition) is 0. The van der Waals surface area contributed by atoms with Gasteiger partial charge in [0.15, 0.2) is 0 Å². The maximum absolute atomic E-state index is 12.1. The van der Waals surface area contributed by atoms with Crippen molar-refractivity contribution < 1.29 is 9.72 Å². The number of rotatable bonds is 5. The van der Waals surface area contributed by atoms with Crippen LogP contribution in [0.1, 0.15) is 30.6 Å². The largest absolute Gasteiger partial charge is 0.342 e. The van der Waals surface area contributed by atoms with Crippen LogP contribution in [0.5, 0.6) is 0 Å². The molecule has 0 heterocycles. The number of halogens is 1. The molecule has 0 bridgehead atoms. The Hall–Kier alpha value is -1.62. The minimum atomic E-state index is -0.570. The Morgan fingerprint density at radius 2 is 2.11 bits per heavy atom. The molecule has 19 heavy (non-hydrogen) atoms. The topological polar surface area (TPSA) is 63.5 Å². The van der Waals surface area contributed by atoms with E-state index in [9.17, 15) is 14.9 Å². The SMILES string of the molecule is CC(C)CCN(C)C(=O)c1ccc([N+](=O)[O-])c(Cl)c1. The molecule has 0 aliphatic rings. The molecule has 6 heteroatoms. The van der Waals surface area contributed by atoms with Crippen LogP contribution in [0, 0.1) is 16.0 Å². The Morgan fingerprint density at radius 3 is 2.58 bits per heavy atom. The van der Waals surface area contributed by atoms with Crippen molar-refractivity contribution in [2.24, 2.45) is 5.92 Å². The molecular weight excluding hydrogens is 268 g/mol. The van der Waals surface area contributed by atoms with Gasteiger partial charge in [0.1, 0.15) is 5.02 Å². The fourth-order valence-corrected chi connectivity index (χ4v) is 1.81. The molecule has 0 saturated heterocycles. The zero-order valence-electron chi connectivity index (χ0n) is 11.2. The number of benzene rings is 1. The zero-order chi connectivity index (χ0) is 14.6. The first-order valence-electron chi connectivity index (χ1n) is 6.02. The van der Waals surface area contributed by atoms with Crippen LogP contribution >= 0.6 is 11.6 Å². The summed E-state index contributed by atoms with van der Waals surface area (Å²) < 4.78 is 0. The lowest BCUT2D eigenvalue weighted by atomic mass is 10.1. The van der Waals surface area contributed by atoms with Crippen molar-refractivity contribution in [3.63, 3.8) is 0 Å². The summed E-state index contributed by atoms with van der Waals surface area (Å²) in [7, 11) is 1.71. The molecule has 104 valence electrons. The maximum atomic E-state index is 12.1. The second-order valence-electron chi connectivity index (χ2n) is 4.83. The van der Waals surface area contributed by atoms with Crippen molar-refractivity contribution in [1.82, 2.24) is 4.90 Å². The Kier molecular flexibility index (Phi) is 5.30. The molecule has 0 atom stereocenters. The van der Waals surface area contributed by atoms with Crippen LogP contribution in [0.4, 0.5) is 5.69 Å². The normalized spacial score (nSPS) is 10.6. The van der Waals surface area contributed by atoms with E-state index in [-0.39, 0.29) is 16.6 Å². The van der Waals surface area contributed by atoms with E-state index in [0.29, 0.717) is 18.0 Å². The fourth-order valence-electron chi connectivity index (χ4n) is 1.56. The summed E-state index contributed by atoms with van der Waals surface area (Å²) in [6.45, 7) is 4.81. The van der Waals surface area contributed by atoms with E-state index in [1.54, 1.807) is 11.9 Å². The quantitative estimate of drug-likeness (QED) is 0.615. The Morgan fingerprint density at radius 1 is 1.47 bits per heavy atom. The van der Waals surface area contributed by atoms with Crippen LogP contribution < -0.4 is 0 Å². The minimum absolute atomic E-state index is 0.0203. The summed E-state index contributed by atoms with van der Waals surface area (Å²) in [5.74, 6) is 0.327. The first-order valence-corrected chi connectivity index (χ1v) is 6.40. The van der Waals surface area contributed by atoms with E-state index in [0.717, 1.165) is 6.42 Å². The molecule has 1 aromatic rings. The van der Waals surface area contributed by atoms with E-state index in [1.165, 1.54) is 18.2 Å². The van der Waals surface area contributed by atoms with Gasteiger partial charge in [-0.15, -0.1) is 0 Å². The molecule has 0 N–H and O–H groups in total. The molecule has 0 fully saturated rings. The number of nitro benzene ring substituents is 1. The van der Waals surface area contributed by atoms with Gasteiger partial charge >= 0.3 is 0 Å². The summed E-state index contributed by atoms with van der Waals surface area (Å²) in [4.78, 5) is 23.8. The summed E-state index contributed by atoms with van der Waals surface area (Å²) in [5.41, 5.74) is 0.171. The second kappa shape index (κ2) is 6.52. The Balaban J connectivity index is 2.83. The third-order valence-electron chi connectivity index (χ3n) is 2.78. The average Bonchev–Trinajstić information content (AvgIpc) is 2.34. The number of nitro groups is 1. The summed E-state index contributed by atoms with van der Waals surface area (Å²) in [6, 6.07) is 4.03. The van der Waals surface area contributed by atoms with E-state index < -0.39 is 4.92 Å². The van der Waals surface area contributed by atoms with Crippen molar-refractivity contribution >= 4 is 23.2 Å². The van der Waals surface area contributed by atoms with Gasteiger partial charge in [-0.2, -0.15) is 0 Å². The lowest BCUT2D eigenvalue weighted by Crippen LogP contribution is -2.28. The standard InChI is InChI=1S/C13H17ClN2O3/c1-9(2)6-7-15(3)13(17)10-4-5-12(16(18)19)11(14)8-10/h4-5,8-9H,6-7H2,1-3H3. The predicted octanol–water partition coefficient (Wildman–Crippen LogP) is 3.37. The zero-order valence-corrected chi connectivity index (χ0v) is 12.0. The van der Waals surface area contributed by atoms with E-state index in [1.807, 2.05) is 0 Å². The molecule has 0 aromatic heterocycles. The van der Waals surface area contributed by atoms with Crippen molar-refractivity contribution in [3.05, 3.63) is 38.9 Å². The molecule has 1 amide bonds. The van der Waals surface area contributed by atoms with Gasteiger partial charge in [0, 0.05) is 25.2 Å². The van der Waals surface area contributed by atoms with E-state index >= 15 is 0 Å². The summed E-state index contributed by atoms with van der Waals surface area (Å²) >= 11 is 5.79. The van der Waals surface area contributed by atoms with Gasteiger partial charge in [0.05, 0.1) is 4.92 Å². The number of carbonyl (C=O) groups is 1. The first kappa shape index (κ1) is 15.4. The fraction of sp³-hybridized carbons (Fsp3) is 0.462. The van der Waals surface area contributed by atoms with Gasteiger partial charge in [0.2, 0.25) is 0 Å². The highest BCUT2D eigenvalue weighted by atomic mass is 35.5. The van der Waals surface area contributed by atoms with Gasteiger partial charge in [-0.25, -0.2) is 0 Å². The van der Waals surface area contributed by atoms with Crippen LogP contribution in [-0.2, 0) is 0 Å². The Bertz CT molecular complexity index is 489. The lowest BCUT2D eigenvalue weighted by Gasteiger charge is -2.18. The van der Waals surface area contributed by atoms with Gasteiger partial charge < -0.3 is 4.90 Å². The predicted molar refractivity (Wildman–Crippen MR) is 74.5 cm³/mol. The highest BCUT2D eigenvalue weighted by molar-refractivity contribution is 6.33. The highest BCUT2D eigenvalue weighted by Gasteiger charge is 2.17. The van der Waals surface area contributed by atoms with Crippen LogP contribution in [0.25, 0.3) is 0 Å². The lowest BCUT2D eigenvalue weighted by molar-refractivity contribution is -0.384. The molecule has 0 radical (unpaired) electrons. The van der Waals surface area contributed by atoms with Crippen LogP contribution in [-0.4, -0.2) is 29.3 Å². The monoisotopic (exact) mass is 284 g/mol. The van der Waals surface area contributed by atoms with E-state index in [4.69, 9.17) is 11.6 Å². The molecule has 0 aliphatic heterocycles. The molecule has 0 aliphatic carbocycles. The number of hydrogen-bond acceptors (Lipinski definition) is 3. The number of carbonyl (C=O) groups excluding carboxylic acids is 1. The highest BCUT2D eigenvalue weighted by Crippen LogP contribution is 2.25. The molecule has 0 saturated carbocycles. The smallest absolute Gasteiger partial charge is 0.287 e.